The fourth-order valence-electron chi connectivity index (χ4n) is 1.85. The second-order valence-electron chi connectivity index (χ2n) is 4.31. The largest absolute Gasteiger partial charge is 0.397 e. The van der Waals surface area contributed by atoms with E-state index in [0.29, 0.717) is 33.3 Å². The quantitative estimate of drug-likeness (QED) is 0.528. The Balaban J connectivity index is 2.25. The number of nitrogen functional groups attached to an aromatic ring is 1. The van der Waals surface area contributed by atoms with Crippen molar-refractivity contribution in [3.63, 3.8) is 0 Å². The van der Waals surface area contributed by atoms with Gasteiger partial charge in [-0.05, 0) is 26.0 Å². The Morgan fingerprint density at radius 1 is 1.40 bits per heavy atom. The van der Waals surface area contributed by atoms with Gasteiger partial charge in [0.25, 0.3) is 5.69 Å². The number of thioether (sulfide) groups is 1. The Morgan fingerprint density at radius 2 is 2.15 bits per heavy atom. The van der Waals surface area contributed by atoms with Crippen LogP contribution in [0.4, 0.5) is 11.4 Å². The summed E-state index contributed by atoms with van der Waals surface area (Å²) >= 11 is 1.42. The molecule has 6 nitrogen and oxygen atoms in total. The molecule has 0 bridgehead atoms. The number of rotatable bonds is 4. The molecule has 104 valence electrons. The Bertz CT molecular complexity index is 661. The highest BCUT2D eigenvalue weighted by molar-refractivity contribution is 7.98. The van der Waals surface area contributed by atoms with Crippen molar-refractivity contribution in [1.82, 2.24) is 9.97 Å². The Labute approximate surface area is 120 Å². The van der Waals surface area contributed by atoms with Crippen LogP contribution in [-0.2, 0) is 5.75 Å². The van der Waals surface area contributed by atoms with Gasteiger partial charge in [0, 0.05) is 29.3 Å². The Morgan fingerprint density at radius 3 is 2.80 bits per heavy atom. The Kier molecular flexibility index (Phi) is 4.19. The summed E-state index contributed by atoms with van der Waals surface area (Å²) in [7, 11) is 0. The number of nitro groups is 1. The summed E-state index contributed by atoms with van der Waals surface area (Å²) in [5.74, 6) is 0.494. The molecule has 0 saturated carbocycles. The van der Waals surface area contributed by atoms with Gasteiger partial charge >= 0.3 is 0 Å². The maximum atomic E-state index is 11.1. The van der Waals surface area contributed by atoms with E-state index in [9.17, 15) is 10.1 Å². The average molecular weight is 290 g/mol. The van der Waals surface area contributed by atoms with E-state index in [1.807, 2.05) is 0 Å². The molecule has 0 radical (unpaired) electrons. The van der Waals surface area contributed by atoms with Gasteiger partial charge in [-0.25, -0.2) is 4.98 Å². The van der Waals surface area contributed by atoms with Gasteiger partial charge in [0.1, 0.15) is 5.03 Å². The van der Waals surface area contributed by atoms with Crippen LogP contribution in [0.25, 0.3) is 0 Å². The van der Waals surface area contributed by atoms with Gasteiger partial charge in [-0.15, -0.1) is 0 Å². The molecule has 0 unspecified atom stereocenters. The predicted octanol–water partition coefficient (Wildman–Crippen LogP) is 2.88. The van der Waals surface area contributed by atoms with Gasteiger partial charge in [0.05, 0.1) is 16.3 Å². The highest BCUT2D eigenvalue weighted by atomic mass is 32.2. The molecule has 0 saturated heterocycles. The van der Waals surface area contributed by atoms with Crippen LogP contribution < -0.4 is 5.73 Å². The molecule has 2 rings (SSSR count). The SMILES string of the molecule is Cc1cnc(CSc2ncccc2N)c(C)c1[N+](=O)[O-]. The number of hydrogen-bond acceptors (Lipinski definition) is 6. The van der Waals surface area contributed by atoms with Crippen LogP contribution in [0.3, 0.4) is 0 Å². The number of aromatic nitrogens is 2. The minimum Gasteiger partial charge on any atom is -0.397 e. The maximum Gasteiger partial charge on any atom is 0.278 e. The van der Waals surface area contributed by atoms with E-state index in [2.05, 4.69) is 9.97 Å². The zero-order valence-corrected chi connectivity index (χ0v) is 12.0. The van der Waals surface area contributed by atoms with E-state index >= 15 is 0 Å². The highest BCUT2D eigenvalue weighted by Crippen LogP contribution is 2.30. The van der Waals surface area contributed by atoms with Crippen LogP contribution in [0, 0.1) is 24.0 Å². The molecule has 2 heterocycles. The van der Waals surface area contributed by atoms with E-state index in [4.69, 9.17) is 5.73 Å². The molecule has 0 amide bonds. The van der Waals surface area contributed by atoms with Crippen molar-refractivity contribution in [1.29, 1.82) is 0 Å². The first-order valence-corrected chi connectivity index (χ1v) is 6.92. The summed E-state index contributed by atoms with van der Waals surface area (Å²) in [6.45, 7) is 3.40. The van der Waals surface area contributed by atoms with Crippen LogP contribution >= 0.6 is 11.8 Å². The third-order valence-electron chi connectivity index (χ3n) is 2.90. The lowest BCUT2D eigenvalue weighted by Gasteiger charge is -2.08. The number of aryl methyl sites for hydroxylation is 1. The van der Waals surface area contributed by atoms with E-state index in [1.165, 1.54) is 18.0 Å². The third kappa shape index (κ3) is 2.88. The average Bonchev–Trinajstić information content (AvgIpc) is 2.39. The van der Waals surface area contributed by atoms with E-state index < -0.39 is 0 Å². The lowest BCUT2D eigenvalue weighted by molar-refractivity contribution is -0.386. The summed E-state index contributed by atoms with van der Waals surface area (Å²) in [6.07, 6.45) is 3.19. The second-order valence-corrected chi connectivity index (χ2v) is 5.27. The first-order valence-electron chi connectivity index (χ1n) is 5.93. The number of nitrogens with zero attached hydrogens (tertiary/aromatic N) is 3. The molecule has 2 N–H and O–H groups in total. The molecule has 20 heavy (non-hydrogen) atoms. The van der Waals surface area contributed by atoms with Gasteiger partial charge in [-0.2, -0.15) is 0 Å². The molecule has 0 spiro atoms. The molecule has 0 aliphatic heterocycles. The lowest BCUT2D eigenvalue weighted by atomic mass is 10.1. The second kappa shape index (κ2) is 5.87. The minimum absolute atomic E-state index is 0.129. The zero-order valence-electron chi connectivity index (χ0n) is 11.2. The normalized spacial score (nSPS) is 10.5. The van der Waals surface area contributed by atoms with Gasteiger partial charge in [0.2, 0.25) is 0 Å². The summed E-state index contributed by atoms with van der Waals surface area (Å²) in [5, 5.41) is 11.8. The van der Waals surface area contributed by atoms with Crippen molar-refractivity contribution in [3.8, 4) is 0 Å². The fraction of sp³-hybridized carbons (Fsp3) is 0.231. The van der Waals surface area contributed by atoms with Gasteiger partial charge in [-0.1, -0.05) is 11.8 Å². The monoisotopic (exact) mass is 290 g/mol. The van der Waals surface area contributed by atoms with Crippen molar-refractivity contribution in [2.24, 2.45) is 0 Å². The highest BCUT2D eigenvalue weighted by Gasteiger charge is 2.18. The molecular formula is C13H14N4O2S. The molecule has 2 aromatic heterocycles. The maximum absolute atomic E-state index is 11.1. The van der Waals surface area contributed by atoms with E-state index in [1.54, 1.807) is 32.2 Å². The van der Waals surface area contributed by atoms with Crippen LogP contribution in [0.2, 0.25) is 0 Å². The predicted molar refractivity (Wildman–Crippen MR) is 78.6 cm³/mol. The summed E-state index contributed by atoms with van der Waals surface area (Å²) < 4.78 is 0. The van der Waals surface area contributed by atoms with E-state index in [-0.39, 0.29) is 10.6 Å². The van der Waals surface area contributed by atoms with Crippen LogP contribution in [0.1, 0.15) is 16.8 Å². The third-order valence-corrected chi connectivity index (χ3v) is 3.94. The molecule has 2 aromatic rings. The summed E-state index contributed by atoms with van der Waals surface area (Å²) in [6, 6.07) is 3.53. The van der Waals surface area contributed by atoms with Gasteiger partial charge in [-0.3, -0.25) is 15.1 Å². The lowest BCUT2D eigenvalue weighted by Crippen LogP contribution is -2.01. The number of nitrogens with two attached hydrogens (primary N) is 1. The van der Waals surface area contributed by atoms with Crippen molar-refractivity contribution in [2.45, 2.75) is 24.6 Å². The van der Waals surface area contributed by atoms with E-state index in [0.717, 1.165) is 0 Å². The first-order chi connectivity index (χ1) is 9.50. The number of anilines is 1. The fourth-order valence-corrected chi connectivity index (χ4v) is 2.79. The summed E-state index contributed by atoms with van der Waals surface area (Å²) in [4.78, 5) is 19.1. The standard InChI is InChI=1S/C13H14N4O2S/c1-8-6-16-11(9(2)12(8)17(18)19)7-20-13-10(14)4-3-5-15-13/h3-6H,7,14H2,1-2H3. The topological polar surface area (TPSA) is 94.9 Å². The minimum atomic E-state index is -0.365. The molecular weight excluding hydrogens is 276 g/mol. The first kappa shape index (κ1) is 14.3. The van der Waals surface area contributed by atoms with Gasteiger partial charge in [0.15, 0.2) is 0 Å². The van der Waals surface area contributed by atoms with Crippen molar-refractivity contribution in [3.05, 3.63) is 51.5 Å². The molecule has 0 aliphatic carbocycles. The van der Waals surface area contributed by atoms with Crippen molar-refractivity contribution >= 4 is 23.1 Å². The summed E-state index contributed by atoms with van der Waals surface area (Å²) in [5.41, 5.74) is 8.38. The van der Waals surface area contributed by atoms with Crippen LogP contribution in [0.5, 0.6) is 0 Å². The molecule has 0 atom stereocenters. The van der Waals surface area contributed by atoms with Crippen LogP contribution in [0.15, 0.2) is 29.6 Å². The number of pyridine rings is 2. The molecule has 0 fully saturated rings. The number of hydrogen-bond donors (Lipinski definition) is 1. The molecule has 0 aliphatic rings. The zero-order chi connectivity index (χ0) is 14.7. The molecule has 7 heteroatoms. The Hall–Kier alpha value is -2.15. The van der Waals surface area contributed by atoms with Crippen LogP contribution in [-0.4, -0.2) is 14.9 Å². The van der Waals surface area contributed by atoms with Gasteiger partial charge < -0.3 is 5.73 Å². The van der Waals surface area contributed by atoms with Crippen molar-refractivity contribution < 1.29 is 4.92 Å². The molecule has 0 aromatic carbocycles. The smallest absolute Gasteiger partial charge is 0.278 e. The van der Waals surface area contributed by atoms with Crippen molar-refractivity contribution in [2.75, 3.05) is 5.73 Å².